The predicted octanol–water partition coefficient (Wildman–Crippen LogP) is 2.97. The third-order valence-corrected chi connectivity index (χ3v) is 4.75. The molecule has 0 spiro atoms. The molecule has 0 saturated carbocycles. The highest BCUT2D eigenvalue weighted by Crippen LogP contribution is 2.33. The maximum absolute atomic E-state index is 12.7. The minimum Gasteiger partial charge on any atom is -0.492 e. The summed E-state index contributed by atoms with van der Waals surface area (Å²) >= 11 is 0. The number of rotatable bonds is 4. The lowest BCUT2D eigenvalue weighted by molar-refractivity contribution is 0.217. The number of nitrogens with one attached hydrogen (secondary N) is 2. The molecule has 1 fully saturated rings. The van der Waals surface area contributed by atoms with Crippen molar-refractivity contribution in [2.45, 2.75) is 12.8 Å². The molecule has 0 bridgehead atoms. The van der Waals surface area contributed by atoms with Gasteiger partial charge in [0.25, 0.3) is 5.56 Å². The van der Waals surface area contributed by atoms with Crippen molar-refractivity contribution in [1.82, 2.24) is 15.3 Å². The lowest BCUT2D eigenvalue weighted by Crippen LogP contribution is -2.30. The van der Waals surface area contributed by atoms with Gasteiger partial charge in [0, 0.05) is 23.3 Å². The molecule has 0 atom stereocenters. The van der Waals surface area contributed by atoms with E-state index in [1.807, 2.05) is 36.4 Å². The fourth-order valence-electron chi connectivity index (χ4n) is 3.39. The fourth-order valence-corrected chi connectivity index (χ4v) is 3.39. The van der Waals surface area contributed by atoms with Crippen LogP contribution in [0.2, 0.25) is 0 Å². The molecule has 0 radical (unpaired) electrons. The first-order valence-electron chi connectivity index (χ1n) is 8.72. The maximum atomic E-state index is 12.7. The molecule has 25 heavy (non-hydrogen) atoms. The molecule has 3 aromatic rings. The van der Waals surface area contributed by atoms with Gasteiger partial charge >= 0.3 is 0 Å². The van der Waals surface area contributed by atoms with E-state index in [1.54, 1.807) is 12.4 Å². The van der Waals surface area contributed by atoms with Crippen molar-refractivity contribution in [1.29, 1.82) is 0 Å². The van der Waals surface area contributed by atoms with Gasteiger partial charge in [-0.3, -0.25) is 9.78 Å². The summed E-state index contributed by atoms with van der Waals surface area (Å²) in [5, 5.41) is 4.30. The number of aromatic nitrogens is 2. The van der Waals surface area contributed by atoms with E-state index in [4.69, 9.17) is 4.74 Å². The number of benzene rings is 1. The second kappa shape index (κ2) is 7.07. The average Bonchev–Trinajstić information content (AvgIpc) is 2.67. The summed E-state index contributed by atoms with van der Waals surface area (Å²) in [6.07, 6.45) is 5.61. The first kappa shape index (κ1) is 15.8. The number of pyridine rings is 2. The number of para-hydroxylation sites is 1. The van der Waals surface area contributed by atoms with Gasteiger partial charge in [0.05, 0.1) is 17.7 Å². The number of hydrogen-bond donors (Lipinski definition) is 2. The second-order valence-corrected chi connectivity index (χ2v) is 6.45. The van der Waals surface area contributed by atoms with Gasteiger partial charge in [0.2, 0.25) is 0 Å². The summed E-state index contributed by atoms with van der Waals surface area (Å²) in [5.41, 5.74) is 1.98. The summed E-state index contributed by atoms with van der Waals surface area (Å²) in [4.78, 5) is 19.9. The van der Waals surface area contributed by atoms with Gasteiger partial charge in [-0.25, -0.2) is 0 Å². The molecule has 4 rings (SSSR count). The number of aromatic amines is 1. The third-order valence-electron chi connectivity index (χ3n) is 4.75. The van der Waals surface area contributed by atoms with Crippen LogP contribution in [0.25, 0.3) is 22.0 Å². The number of piperidine rings is 1. The lowest BCUT2D eigenvalue weighted by Gasteiger charge is -2.23. The van der Waals surface area contributed by atoms with Crippen molar-refractivity contribution in [2.24, 2.45) is 5.92 Å². The van der Waals surface area contributed by atoms with Crippen LogP contribution >= 0.6 is 0 Å². The number of fused-ring (bicyclic) bond motifs is 1. The van der Waals surface area contributed by atoms with Gasteiger partial charge < -0.3 is 15.0 Å². The van der Waals surface area contributed by atoms with Gasteiger partial charge in [0.15, 0.2) is 0 Å². The van der Waals surface area contributed by atoms with Crippen LogP contribution in [0, 0.1) is 5.92 Å². The summed E-state index contributed by atoms with van der Waals surface area (Å²) in [6.45, 7) is 2.68. The molecule has 0 unspecified atom stereocenters. The third kappa shape index (κ3) is 3.28. The minimum atomic E-state index is -0.146. The summed E-state index contributed by atoms with van der Waals surface area (Å²) in [6, 6.07) is 11.5. The predicted molar refractivity (Wildman–Crippen MR) is 98.9 cm³/mol. The summed E-state index contributed by atoms with van der Waals surface area (Å²) in [7, 11) is 0. The number of hydrogen-bond acceptors (Lipinski definition) is 4. The van der Waals surface area contributed by atoms with Gasteiger partial charge in [-0.15, -0.1) is 0 Å². The average molecular weight is 335 g/mol. The van der Waals surface area contributed by atoms with E-state index in [0.29, 0.717) is 23.8 Å². The Hall–Kier alpha value is -2.66. The fraction of sp³-hybridized carbons (Fsp3) is 0.300. The highest BCUT2D eigenvalue weighted by atomic mass is 16.5. The van der Waals surface area contributed by atoms with Crippen LogP contribution in [0.15, 0.2) is 53.6 Å². The summed E-state index contributed by atoms with van der Waals surface area (Å²) < 4.78 is 6.25. The smallest absolute Gasteiger partial charge is 0.260 e. The zero-order valence-electron chi connectivity index (χ0n) is 14.0. The summed E-state index contributed by atoms with van der Waals surface area (Å²) in [5.74, 6) is 1.17. The van der Waals surface area contributed by atoms with Crippen molar-refractivity contribution in [3.8, 4) is 16.9 Å². The molecule has 1 aromatic carbocycles. The van der Waals surface area contributed by atoms with Crippen LogP contribution < -0.4 is 15.6 Å². The van der Waals surface area contributed by atoms with E-state index >= 15 is 0 Å². The minimum absolute atomic E-state index is 0.146. The van der Waals surface area contributed by atoms with E-state index in [1.165, 1.54) is 0 Å². The monoisotopic (exact) mass is 335 g/mol. The Morgan fingerprint density at radius 2 is 1.96 bits per heavy atom. The molecule has 0 amide bonds. The van der Waals surface area contributed by atoms with Crippen LogP contribution in [-0.4, -0.2) is 29.7 Å². The Morgan fingerprint density at radius 1 is 1.12 bits per heavy atom. The van der Waals surface area contributed by atoms with Crippen molar-refractivity contribution in [3.05, 3.63) is 59.1 Å². The van der Waals surface area contributed by atoms with E-state index in [9.17, 15) is 4.79 Å². The van der Waals surface area contributed by atoms with E-state index in [2.05, 4.69) is 15.3 Å². The highest BCUT2D eigenvalue weighted by molar-refractivity contribution is 5.91. The molecule has 2 aromatic heterocycles. The molecule has 5 heteroatoms. The lowest BCUT2D eigenvalue weighted by atomic mass is 9.99. The first-order chi connectivity index (χ1) is 12.3. The Morgan fingerprint density at radius 3 is 2.76 bits per heavy atom. The Bertz CT molecular complexity index is 915. The number of nitrogens with zero attached hydrogens (tertiary/aromatic N) is 1. The van der Waals surface area contributed by atoms with Crippen molar-refractivity contribution >= 4 is 10.9 Å². The molecule has 1 saturated heterocycles. The van der Waals surface area contributed by atoms with Crippen molar-refractivity contribution in [2.75, 3.05) is 19.7 Å². The first-order valence-corrected chi connectivity index (χ1v) is 8.72. The quantitative estimate of drug-likeness (QED) is 0.769. The molecule has 1 aliphatic rings. The van der Waals surface area contributed by atoms with Crippen LogP contribution in [0.3, 0.4) is 0 Å². The van der Waals surface area contributed by atoms with Gasteiger partial charge in [0.1, 0.15) is 5.75 Å². The second-order valence-electron chi connectivity index (χ2n) is 6.45. The zero-order valence-corrected chi connectivity index (χ0v) is 14.0. The topological polar surface area (TPSA) is 67.0 Å². The van der Waals surface area contributed by atoms with Crippen LogP contribution in [-0.2, 0) is 0 Å². The van der Waals surface area contributed by atoms with E-state index in [0.717, 1.165) is 42.4 Å². The Balaban J connectivity index is 1.79. The van der Waals surface area contributed by atoms with E-state index < -0.39 is 0 Å². The number of ether oxygens (including phenoxy) is 1. The molecule has 128 valence electrons. The van der Waals surface area contributed by atoms with Crippen molar-refractivity contribution in [3.63, 3.8) is 0 Å². The zero-order chi connectivity index (χ0) is 17.1. The SMILES string of the molecule is O=c1[nH]c2ccccc2c(OCC2CCNCC2)c1-c1cccnc1. The van der Waals surface area contributed by atoms with Crippen LogP contribution in [0.1, 0.15) is 12.8 Å². The maximum Gasteiger partial charge on any atom is 0.260 e. The molecule has 3 heterocycles. The normalized spacial score (nSPS) is 15.4. The molecular formula is C20H21N3O2. The molecule has 5 nitrogen and oxygen atoms in total. The largest absolute Gasteiger partial charge is 0.492 e. The van der Waals surface area contributed by atoms with Gasteiger partial charge in [-0.05, 0) is 50.0 Å². The van der Waals surface area contributed by atoms with Gasteiger partial charge in [-0.1, -0.05) is 18.2 Å². The molecule has 0 aliphatic carbocycles. The van der Waals surface area contributed by atoms with Gasteiger partial charge in [-0.2, -0.15) is 0 Å². The Labute approximate surface area is 146 Å². The highest BCUT2D eigenvalue weighted by Gasteiger charge is 2.19. The standard InChI is InChI=1S/C20H21N3O2/c24-20-18(15-4-3-9-22-12-15)19(16-5-1-2-6-17(16)23-20)25-13-14-7-10-21-11-8-14/h1-6,9,12,14,21H,7-8,10-11,13H2,(H,23,24). The molecular weight excluding hydrogens is 314 g/mol. The number of H-pyrrole nitrogens is 1. The van der Waals surface area contributed by atoms with Crippen molar-refractivity contribution < 1.29 is 4.74 Å². The Kier molecular flexibility index (Phi) is 4.48. The van der Waals surface area contributed by atoms with E-state index in [-0.39, 0.29) is 5.56 Å². The molecule has 2 N–H and O–H groups in total. The molecule has 1 aliphatic heterocycles. The van der Waals surface area contributed by atoms with Crippen LogP contribution in [0.5, 0.6) is 5.75 Å². The van der Waals surface area contributed by atoms with Crippen LogP contribution in [0.4, 0.5) is 0 Å².